The minimum absolute atomic E-state index is 0.00926. The molecule has 0 amide bonds. The van der Waals surface area contributed by atoms with E-state index < -0.39 is 0 Å². The Morgan fingerprint density at radius 3 is 2.90 bits per heavy atom. The molecule has 1 unspecified atom stereocenters. The molecule has 1 heterocycles. The van der Waals surface area contributed by atoms with Crippen molar-refractivity contribution in [3.63, 3.8) is 0 Å². The Labute approximate surface area is 59.7 Å². The molecule has 0 aromatic carbocycles. The normalized spacial score (nSPS) is 42.7. The van der Waals surface area contributed by atoms with Gasteiger partial charge < -0.3 is 10.1 Å². The van der Waals surface area contributed by atoms with Crippen LogP contribution < -0.4 is 5.32 Å². The molecule has 2 aliphatic rings. The highest BCUT2D eigenvalue weighted by Gasteiger charge is 2.51. The van der Waals surface area contributed by atoms with E-state index in [9.17, 15) is 4.79 Å². The molecule has 1 aliphatic heterocycles. The maximum Gasteiger partial charge on any atom is 0.323 e. The Morgan fingerprint density at radius 2 is 2.50 bits per heavy atom. The quantitative estimate of drug-likeness (QED) is 0.512. The molecule has 0 spiro atoms. The number of piperidine rings is 1. The van der Waals surface area contributed by atoms with Crippen LogP contribution in [-0.4, -0.2) is 25.7 Å². The van der Waals surface area contributed by atoms with Crippen molar-refractivity contribution < 1.29 is 9.53 Å². The lowest BCUT2D eigenvalue weighted by Gasteiger charge is -2.08. The molecule has 0 aromatic heterocycles. The van der Waals surface area contributed by atoms with Crippen molar-refractivity contribution in [2.45, 2.75) is 12.5 Å². The Kier molecular flexibility index (Phi) is 1.20. The predicted molar refractivity (Wildman–Crippen MR) is 35.4 cm³/mol. The monoisotopic (exact) mass is 141 g/mol. The molecule has 1 N–H and O–H groups in total. The van der Waals surface area contributed by atoms with Gasteiger partial charge in [0.25, 0.3) is 0 Å². The van der Waals surface area contributed by atoms with Gasteiger partial charge in [0.2, 0.25) is 0 Å². The van der Waals surface area contributed by atoms with Crippen LogP contribution in [0.25, 0.3) is 0 Å². The van der Waals surface area contributed by atoms with Crippen molar-refractivity contribution >= 4 is 5.97 Å². The minimum atomic E-state index is -0.0926. The fraction of sp³-hybridized carbons (Fsp3) is 0.857. The zero-order chi connectivity index (χ0) is 7.14. The number of fused-ring (bicyclic) bond motifs is 1. The standard InChI is InChI=1S/C7H11NO2/c1-10-7(9)6-5-2-4(5)3-8-6/h4-6,8H,2-3H2,1H3/t4-,5?,6-/m0/s1. The van der Waals surface area contributed by atoms with Gasteiger partial charge in [0.05, 0.1) is 7.11 Å². The summed E-state index contributed by atoms with van der Waals surface area (Å²) < 4.78 is 4.63. The number of carbonyl (C=O) groups excluding carboxylic acids is 1. The van der Waals surface area contributed by atoms with Crippen LogP contribution in [0, 0.1) is 11.8 Å². The molecular weight excluding hydrogens is 130 g/mol. The van der Waals surface area contributed by atoms with E-state index in [2.05, 4.69) is 10.1 Å². The van der Waals surface area contributed by atoms with Gasteiger partial charge in [-0.3, -0.25) is 4.79 Å². The van der Waals surface area contributed by atoms with Crippen molar-refractivity contribution in [1.29, 1.82) is 0 Å². The van der Waals surface area contributed by atoms with E-state index in [1.54, 1.807) is 0 Å². The molecule has 3 atom stereocenters. The molecule has 0 aromatic rings. The van der Waals surface area contributed by atoms with Gasteiger partial charge in [0.15, 0.2) is 0 Å². The summed E-state index contributed by atoms with van der Waals surface area (Å²) in [6, 6.07) is 0.00926. The van der Waals surface area contributed by atoms with Crippen molar-refractivity contribution in [3.05, 3.63) is 0 Å². The van der Waals surface area contributed by atoms with Gasteiger partial charge in [-0.05, 0) is 24.8 Å². The van der Waals surface area contributed by atoms with Crippen molar-refractivity contribution in [2.24, 2.45) is 11.8 Å². The first-order valence-corrected chi connectivity index (χ1v) is 3.64. The van der Waals surface area contributed by atoms with Crippen molar-refractivity contribution in [1.82, 2.24) is 5.32 Å². The van der Waals surface area contributed by atoms with Crippen LogP contribution >= 0.6 is 0 Å². The Morgan fingerprint density at radius 1 is 1.70 bits per heavy atom. The van der Waals surface area contributed by atoms with Crippen LogP contribution in [0.15, 0.2) is 0 Å². The van der Waals surface area contributed by atoms with E-state index in [0.717, 1.165) is 12.5 Å². The van der Waals surface area contributed by atoms with Crippen LogP contribution in [0.5, 0.6) is 0 Å². The summed E-state index contributed by atoms with van der Waals surface area (Å²) in [6.45, 7) is 1.00. The summed E-state index contributed by atoms with van der Waals surface area (Å²) in [5.41, 5.74) is 0. The molecule has 0 bridgehead atoms. The largest absolute Gasteiger partial charge is 0.468 e. The first-order chi connectivity index (χ1) is 4.83. The van der Waals surface area contributed by atoms with Crippen LogP contribution in [0.1, 0.15) is 6.42 Å². The predicted octanol–water partition coefficient (Wildman–Crippen LogP) is -0.233. The van der Waals surface area contributed by atoms with Crippen LogP contribution in [0.2, 0.25) is 0 Å². The van der Waals surface area contributed by atoms with Gasteiger partial charge in [0, 0.05) is 0 Å². The molecule has 56 valence electrons. The fourth-order valence-corrected chi connectivity index (χ4v) is 1.73. The number of nitrogens with one attached hydrogen (secondary N) is 1. The van der Waals surface area contributed by atoms with Gasteiger partial charge in [-0.1, -0.05) is 0 Å². The summed E-state index contributed by atoms with van der Waals surface area (Å²) in [5, 5.41) is 3.13. The Hall–Kier alpha value is -0.570. The summed E-state index contributed by atoms with van der Waals surface area (Å²) in [4.78, 5) is 11.0. The summed E-state index contributed by atoms with van der Waals surface area (Å²) in [6.07, 6.45) is 1.22. The maximum atomic E-state index is 11.0. The Balaban J connectivity index is 1.98. The maximum absolute atomic E-state index is 11.0. The zero-order valence-corrected chi connectivity index (χ0v) is 5.96. The average molecular weight is 141 g/mol. The third-order valence-electron chi connectivity index (χ3n) is 2.46. The van der Waals surface area contributed by atoms with Gasteiger partial charge in [-0.2, -0.15) is 0 Å². The third kappa shape index (κ3) is 0.736. The van der Waals surface area contributed by atoms with E-state index in [1.807, 2.05) is 0 Å². The van der Waals surface area contributed by atoms with Gasteiger partial charge >= 0.3 is 5.97 Å². The molecule has 1 aliphatic carbocycles. The number of hydrogen-bond acceptors (Lipinski definition) is 3. The second-order valence-corrected chi connectivity index (χ2v) is 3.07. The van der Waals surface area contributed by atoms with Crippen LogP contribution in [0.4, 0.5) is 0 Å². The highest BCUT2D eigenvalue weighted by atomic mass is 16.5. The Bertz CT molecular complexity index is 169. The van der Waals surface area contributed by atoms with E-state index in [4.69, 9.17) is 0 Å². The summed E-state index contributed by atoms with van der Waals surface area (Å²) >= 11 is 0. The first kappa shape index (κ1) is 6.16. The molecule has 0 radical (unpaired) electrons. The van der Waals surface area contributed by atoms with E-state index >= 15 is 0 Å². The molecule has 3 heteroatoms. The lowest BCUT2D eigenvalue weighted by Crippen LogP contribution is -2.35. The average Bonchev–Trinajstić information content (AvgIpc) is 2.62. The molecular formula is C7H11NO2. The van der Waals surface area contributed by atoms with E-state index in [0.29, 0.717) is 5.92 Å². The second-order valence-electron chi connectivity index (χ2n) is 3.07. The fourth-order valence-electron chi connectivity index (χ4n) is 1.73. The van der Waals surface area contributed by atoms with Gasteiger partial charge in [-0.15, -0.1) is 0 Å². The van der Waals surface area contributed by atoms with E-state index in [1.165, 1.54) is 13.5 Å². The van der Waals surface area contributed by atoms with Crippen molar-refractivity contribution in [3.8, 4) is 0 Å². The van der Waals surface area contributed by atoms with Crippen LogP contribution in [0.3, 0.4) is 0 Å². The summed E-state index contributed by atoms with van der Waals surface area (Å²) in [5.74, 6) is 1.27. The molecule has 2 rings (SSSR count). The minimum Gasteiger partial charge on any atom is -0.468 e. The molecule has 10 heavy (non-hydrogen) atoms. The smallest absolute Gasteiger partial charge is 0.323 e. The molecule has 3 nitrogen and oxygen atoms in total. The zero-order valence-electron chi connectivity index (χ0n) is 5.96. The number of rotatable bonds is 1. The SMILES string of the molecule is COC(=O)[C@H]1NC[C@@H]2CC21. The number of ether oxygens (including phenoxy) is 1. The lowest BCUT2D eigenvalue weighted by atomic mass is 10.2. The number of carbonyl (C=O) groups is 1. The third-order valence-corrected chi connectivity index (χ3v) is 2.46. The van der Waals surface area contributed by atoms with Crippen molar-refractivity contribution in [2.75, 3.05) is 13.7 Å². The molecule has 2 fully saturated rings. The topological polar surface area (TPSA) is 38.3 Å². The van der Waals surface area contributed by atoms with E-state index in [-0.39, 0.29) is 12.0 Å². The highest BCUT2D eigenvalue weighted by molar-refractivity contribution is 5.77. The highest BCUT2D eigenvalue weighted by Crippen LogP contribution is 2.45. The number of methoxy groups -OCH3 is 1. The van der Waals surface area contributed by atoms with Gasteiger partial charge in [-0.25, -0.2) is 0 Å². The first-order valence-electron chi connectivity index (χ1n) is 3.64. The number of hydrogen-bond donors (Lipinski definition) is 1. The number of esters is 1. The molecule has 1 saturated carbocycles. The second kappa shape index (κ2) is 1.95. The molecule has 1 saturated heterocycles. The van der Waals surface area contributed by atoms with Crippen LogP contribution in [-0.2, 0) is 9.53 Å². The van der Waals surface area contributed by atoms with Gasteiger partial charge in [0.1, 0.15) is 6.04 Å². The lowest BCUT2D eigenvalue weighted by molar-refractivity contribution is -0.143. The summed E-state index contributed by atoms with van der Waals surface area (Å²) in [7, 11) is 1.44.